The van der Waals surface area contributed by atoms with Gasteiger partial charge in [0.25, 0.3) is 0 Å². The van der Waals surface area contributed by atoms with Crippen molar-refractivity contribution in [2.45, 2.75) is 24.9 Å². The Bertz CT molecular complexity index is 1240. The Labute approximate surface area is 191 Å². The minimum Gasteiger partial charge on any atom is -0.224 e. The number of alkyl halides is 3. The minimum absolute atomic E-state index is 0.0171. The van der Waals surface area contributed by atoms with E-state index in [9.17, 15) is 21.6 Å². The monoisotopic (exact) mass is 504 g/mol. The zero-order valence-corrected chi connectivity index (χ0v) is 19.1. The van der Waals surface area contributed by atoms with Gasteiger partial charge in [-0.15, -0.1) is 0 Å². The standard InChI is InChI=1S/C20H16ClF3N2O2S.O2S/c1-3-29(27,28)15-10-8-13(9-11-15)16-17(14-6-4-12(2)5-7-14)25-19(20(22,23)24)26-18(16)21;1-3-2/h4-11H,3H2,1-2H3;. The van der Waals surface area contributed by atoms with Crippen LogP contribution in [0.1, 0.15) is 18.3 Å². The topological polar surface area (TPSA) is 94.1 Å². The summed E-state index contributed by atoms with van der Waals surface area (Å²) >= 11 is 5.39. The third-order valence-corrected chi connectivity index (χ3v) is 6.35. The predicted molar refractivity (Wildman–Crippen MR) is 114 cm³/mol. The van der Waals surface area contributed by atoms with Crippen molar-refractivity contribution in [2.24, 2.45) is 0 Å². The molecule has 0 saturated heterocycles. The lowest BCUT2D eigenvalue weighted by Crippen LogP contribution is -2.13. The fraction of sp³-hybridized carbons (Fsp3) is 0.200. The third kappa shape index (κ3) is 5.99. The third-order valence-electron chi connectivity index (χ3n) is 4.33. The Hall–Kier alpha value is -2.63. The van der Waals surface area contributed by atoms with Crippen molar-refractivity contribution in [1.82, 2.24) is 9.97 Å². The summed E-state index contributed by atoms with van der Waals surface area (Å²) in [5.74, 6) is -1.41. The van der Waals surface area contributed by atoms with Gasteiger partial charge in [0.1, 0.15) is 5.15 Å². The van der Waals surface area contributed by atoms with Crippen LogP contribution in [0.2, 0.25) is 5.15 Å². The molecule has 0 unspecified atom stereocenters. The van der Waals surface area contributed by atoms with E-state index < -0.39 is 33.4 Å². The molecular weight excluding hydrogens is 489 g/mol. The van der Waals surface area contributed by atoms with Gasteiger partial charge in [-0.1, -0.05) is 60.5 Å². The molecule has 0 bridgehead atoms. The molecule has 3 aromatic rings. The van der Waals surface area contributed by atoms with Crippen LogP contribution in [0.15, 0.2) is 53.4 Å². The number of hydrogen-bond donors (Lipinski definition) is 0. The number of hydrogen-bond acceptors (Lipinski definition) is 6. The summed E-state index contributed by atoms with van der Waals surface area (Å²) in [5, 5.41) is -0.367. The summed E-state index contributed by atoms with van der Waals surface area (Å²) in [6.45, 7) is 3.38. The SMILES string of the molecule is CCS(=O)(=O)c1ccc(-c2c(Cl)nc(C(F)(F)F)nc2-c2ccc(C)cc2)cc1.O=S=O. The molecule has 0 aliphatic rings. The van der Waals surface area contributed by atoms with Gasteiger partial charge in [0.2, 0.25) is 5.82 Å². The molecule has 170 valence electrons. The van der Waals surface area contributed by atoms with Crippen LogP contribution in [0.4, 0.5) is 13.2 Å². The zero-order valence-electron chi connectivity index (χ0n) is 16.7. The Balaban J connectivity index is 0.00000114. The Morgan fingerprint density at radius 2 is 1.44 bits per heavy atom. The average Bonchev–Trinajstić information content (AvgIpc) is 2.74. The van der Waals surface area contributed by atoms with Gasteiger partial charge in [-0.25, -0.2) is 18.4 Å². The molecule has 0 spiro atoms. The van der Waals surface area contributed by atoms with Crippen molar-refractivity contribution in [2.75, 3.05) is 5.75 Å². The highest BCUT2D eigenvalue weighted by Crippen LogP contribution is 2.38. The molecule has 0 N–H and O–H groups in total. The molecule has 6 nitrogen and oxygen atoms in total. The van der Waals surface area contributed by atoms with Crippen LogP contribution in [0.25, 0.3) is 22.4 Å². The van der Waals surface area contributed by atoms with Crippen LogP contribution >= 0.6 is 11.6 Å². The molecule has 2 aromatic carbocycles. The van der Waals surface area contributed by atoms with E-state index in [0.29, 0.717) is 11.1 Å². The van der Waals surface area contributed by atoms with E-state index in [1.54, 1.807) is 24.3 Å². The highest BCUT2D eigenvalue weighted by molar-refractivity contribution is 7.91. The van der Waals surface area contributed by atoms with Crippen molar-refractivity contribution < 1.29 is 30.0 Å². The lowest BCUT2D eigenvalue weighted by molar-refractivity contribution is -0.144. The van der Waals surface area contributed by atoms with Crippen molar-refractivity contribution in [1.29, 1.82) is 0 Å². The smallest absolute Gasteiger partial charge is 0.224 e. The first kappa shape index (κ1) is 25.6. The van der Waals surface area contributed by atoms with Gasteiger partial charge in [0.05, 0.1) is 16.3 Å². The molecule has 0 aliphatic heterocycles. The van der Waals surface area contributed by atoms with Gasteiger partial charge < -0.3 is 0 Å². The largest absolute Gasteiger partial charge is 0.451 e. The minimum atomic E-state index is -4.76. The molecule has 1 heterocycles. The fourth-order valence-corrected chi connectivity index (χ4v) is 3.89. The number of aromatic nitrogens is 2. The van der Waals surface area contributed by atoms with Crippen LogP contribution in [-0.2, 0) is 27.6 Å². The second kappa shape index (κ2) is 10.3. The summed E-state index contributed by atoms with van der Waals surface area (Å²) in [6, 6.07) is 12.5. The zero-order chi connectivity index (χ0) is 24.1. The molecule has 0 atom stereocenters. The predicted octanol–water partition coefficient (Wildman–Crippen LogP) is 4.91. The first-order valence-electron chi connectivity index (χ1n) is 8.91. The van der Waals surface area contributed by atoms with Crippen LogP contribution in [0, 0.1) is 6.92 Å². The number of nitrogens with zero attached hydrogens (tertiary/aromatic N) is 2. The van der Waals surface area contributed by atoms with Crippen molar-refractivity contribution in [3.8, 4) is 22.4 Å². The van der Waals surface area contributed by atoms with Gasteiger partial charge in [-0.05, 0) is 24.6 Å². The van der Waals surface area contributed by atoms with Crippen molar-refractivity contribution in [3.05, 3.63) is 65.1 Å². The summed E-state index contributed by atoms with van der Waals surface area (Å²) in [7, 11) is -3.41. The maximum absolute atomic E-state index is 13.2. The average molecular weight is 505 g/mol. The normalized spacial score (nSPS) is 11.4. The number of halogens is 4. The van der Waals surface area contributed by atoms with E-state index in [1.165, 1.54) is 31.2 Å². The number of sulfone groups is 1. The highest BCUT2D eigenvalue weighted by Gasteiger charge is 2.36. The van der Waals surface area contributed by atoms with Gasteiger partial charge in [0.15, 0.2) is 9.84 Å². The Morgan fingerprint density at radius 3 is 1.91 bits per heavy atom. The quantitative estimate of drug-likeness (QED) is 0.468. The maximum atomic E-state index is 13.2. The summed E-state index contributed by atoms with van der Waals surface area (Å²) < 4.78 is 80.3. The Morgan fingerprint density at radius 1 is 0.938 bits per heavy atom. The molecule has 1 aromatic heterocycles. The first-order valence-corrected chi connectivity index (χ1v) is 11.6. The van der Waals surface area contributed by atoms with E-state index >= 15 is 0 Å². The first-order chi connectivity index (χ1) is 14.9. The molecule has 0 saturated carbocycles. The molecular formula is C20H16ClF3N2O4S2. The van der Waals surface area contributed by atoms with Gasteiger partial charge in [-0.2, -0.15) is 21.6 Å². The second-order valence-corrected chi connectivity index (χ2v) is 9.19. The number of rotatable bonds is 4. The van der Waals surface area contributed by atoms with E-state index in [2.05, 4.69) is 9.97 Å². The summed E-state index contributed by atoms with van der Waals surface area (Å²) in [4.78, 5) is 7.27. The van der Waals surface area contributed by atoms with Gasteiger partial charge in [-0.3, -0.25) is 0 Å². The lowest BCUT2D eigenvalue weighted by atomic mass is 10.00. The molecule has 3 rings (SSSR count). The molecule has 0 aliphatic carbocycles. The van der Waals surface area contributed by atoms with E-state index in [1.807, 2.05) is 6.92 Å². The van der Waals surface area contributed by atoms with Crippen molar-refractivity contribution in [3.63, 3.8) is 0 Å². The summed E-state index contributed by atoms with van der Waals surface area (Å²) in [5.41, 5.74) is 1.99. The van der Waals surface area contributed by atoms with E-state index in [4.69, 9.17) is 20.0 Å². The molecule has 12 heteroatoms. The summed E-state index contributed by atoms with van der Waals surface area (Å²) in [6.07, 6.45) is -4.76. The molecule has 32 heavy (non-hydrogen) atoms. The number of aryl methyl sites for hydroxylation is 1. The maximum Gasteiger partial charge on any atom is 0.451 e. The van der Waals surface area contributed by atoms with Gasteiger partial charge >= 0.3 is 17.7 Å². The highest BCUT2D eigenvalue weighted by atomic mass is 35.5. The van der Waals surface area contributed by atoms with Crippen LogP contribution in [-0.4, -0.2) is 32.6 Å². The Kier molecular flexibility index (Phi) is 8.27. The lowest BCUT2D eigenvalue weighted by Gasteiger charge is -2.15. The fourth-order valence-electron chi connectivity index (χ4n) is 2.73. The van der Waals surface area contributed by atoms with Crippen molar-refractivity contribution >= 4 is 33.0 Å². The van der Waals surface area contributed by atoms with Crippen LogP contribution in [0.5, 0.6) is 0 Å². The number of benzene rings is 2. The van der Waals surface area contributed by atoms with E-state index in [-0.39, 0.29) is 27.1 Å². The molecule has 0 amide bonds. The van der Waals surface area contributed by atoms with Gasteiger partial charge in [0, 0.05) is 11.1 Å². The van der Waals surface area contributed by atoms with Crippen LogP contribution < -0.4 is 0 Å². The molecule has 0 fully saturated rings. The van der Waals surface area contributed by atoms with Crippen LogP contribution in [0.3, 0.4) is 0 Å². The second-order valence-electron chi connectivity index (χ2n) is 6.42. The van der Waals surface area contributed by atoms with E-state index in [0.717, 1.165) is 5.56 Å². The molecule has 0 radical (unpaired) electrons.